The fourth-order valence-electron chi connectivity index (χ4n) is 4.28. The smallest absolute Gasteiger partial charge is 1.00 e. The molecule has 0 bridgehead atoms. The molecule has 5 heteroatoms. The van der Waals surface area contributed by atoms with Crippen LogP contribution >= 0.6 is 0 Å². The van der Waals surface area contributed by atoms with Crippen LogP contribution in [0.25, 0.3) is 0 Å². The van der Waals surface area contributed by atoms with E-state index in [9.17, 15) is 0 Å². The van der Waals surface area contributed by atoms with E-state index in [-0.39, 0.29) is 68.5 Å². The molecule has 0 fully saturated rings. The third-order valence-corrected chi connectivity index (χ3v) is 9.41. The maximum absolute atomic E-state index is 3.67. The van der Waals surface area contributed by atoms with Crippen LogP contribution in [0.3, 0.4) is 0 Å². The second-order valence-corrected chi connectivity index (χ2v) is 9.71. The Morgan fingerprint density at radius 3 is 1.68 bits per heavy atom. The van der Waals surface area contributed by atoms with Crippen molar-refractivity contribution in [3.05, 3.63) is 50.6 Å². The summed E-state index contributed by atoms with van der Waals surface area (Å²) in [4.78, 5) is 0. The minimum absolute atomic E-state index is 0. The number of hydrogen-bond donors (Lipinski definition) is 0. The SMILES string of the molecule is CCCCCC1=C(C)[C-]=C(C)C1[SiH2]c1c(C)c(C)c(C)c(C)c1C.[Cl-].[Cl-].[Cl-].[Ti+4]. The van der Waals surface area contributed by atoms with E-state index in [1.807, 2.05) is 0 Å². The molecule has 1 aliphatic rings. The summed E-state index contributed by atoms with van der Waals surface area (Å²) in [6, 6.07) is 0. The Bertz CT molecular complexity index is 679. The van der Waals surface area contributed by atoms with Crippen LogP contribution in [-0.4, -0.2) is 9.52 Å². The zero-order valence-corrected chi connectivity index (χ0v) is 24.0. The Hall–Kier alpha value is 0.501. The van der Waals surface area contributed by atoms with Gasteiger partial charge in [0.05, 0.1) is 0 Å². The van der Waals surface area contributed by atoms with E-state index in [0.29, 0.717) is 5.54 Å². The van der Waals surface area contributed by atoms with Gasteiger partial charge in [0, 0.05) is 9.52 Å². The second kappa shape index (κ2) is 14.5. The van der Waals surface area contributed by atoms with Crippen LogP contribution in [0.1, 0.15) is 74.3 Å². The first kappa shape index (κ1) is 33.1. The summed E-state index contributed by atoms with van der Waals surface area (Å²) in [7, 11) is -0.370. The molecular weight excluding hydrogens is 459 g/mol. The third kappa shape index (κ3) is 7.03. The molecule has 0 N–H and O–H groups in total. The molecule has 0 heterocycles. The first-order chi connectivity index (χ1) is 11.3. The van der Waals surface area contributed by atoms with Gasteiger partial charge < -0.3 is 37.2 Å². The molecular formula is C23H35Cl3SiTi. The molecule has 1 aliphatic carbocycles. The van der Waals surface area contributed by atoms with Crippen molar-refractivity contribution in [2.24, 2.45) is 0 Å². The maximum atomic E-state index is 3.67. The summed E-state index contributed by atoms with van der Waals surface area (Å²) in [5, 5.41) is 1.71. The third-order valence-electron chi connectivity index (χ3n) is 6.42. The molecule has 1 unspecified atom stereocenters. The summed E-state index contributed by atoms with van der Waals surface area (Å²) >= 11 is 0. The molecule has 0 radical (unpaired) electrons. The van der Waals surface area contributed by atoms with Crippen LogP contribution < -0.4 is 42.4 Å². The minimum Gasteiger partial charge on any atom is -1.00 e. The molecule has 0 saturated heterocycles. The molecule has 0 nitrogen and oxygen atoms in total. The van der Waals surface area contributed by atoms with Crippen LogP contribution in [0.4, 0.5) is 0 Å². The number of allylic oxidation sites excluding steroid dienone is 4. The standard InChI is InChI=1S/C23H35Si.3ClH.Ti/c1-9-10-11-12-21-14(2)13-15(3)22(21)24-23-19(7)17(5)16(4)18(6)20(23)8;;;;/h22H,9-12,24H2,1-8H3;3*1H;/q-1;;;;+4/p-3. The summed E-state index contributed by atoms with van der Waals surface area (Å²) in [6.07, 6.45) is 8.95. The molecule has 156 valence electrons. The van der Waals surface area contributed by atoms with Gasteiger partial charge in [-0.05, 0) is 62.4 Å². The molecule has 1 aromatic carbocycles. The van der Waals surface area contributed by atoms with E-state index < -0.39 is 0 Å². The Kier molecular flexibility index (Phi) is 17.2. The van der Waals surface area contributed by atoms with E-state index in [1.54, 1.807) is 21.9 Å². The number of unbranched alkanes of at least 4 members (excludes halogenated alkanes) is 2. The normalized spacial score (nSPS) is 15.6. The van der Waals surface area contributed by atoms with Gasteiger partial charge in [0.15, 0.2) is 0 Å². The number of rotatable bonds is 6. The van der Waals surface area contributed by atoms with Crippen LogP contribution in [0.2, 0.25) is 5.54 Å². The fraction of sp³-hybridized carbons (Fsp3) is 0.565. The van der Waals surface area contributed by atoms with Crippen molar-refractivity contribution in [2.75, 3.05) is 0 Å². The van der Waals surface area contributed by atoms with Crippen molar-refractivity contribution < 1.29 is 58.9 Å². The van der Waals surface area contributed by atoms with Gasteiger partial charge in [0.25, 0.3) is 0 Å². The molecule has 0 amide bonds. The van der Waals surface area contributed by atoms with Gasteiger partial charge in [-0.2, -0.15) is 5.57 Å². The summed E-state index contributed by atoms with van der Waals surface area (Å²) < 4.78 is 0. The van der Waals surface area contributed by atoms with Gasteiger partial charge >= 0.3 is 21.7 Å². The molecule has 0 aromatic heterocycles. The zero-order chi connectivity index (χ0) is 18.0. The summed E-state index contributed by atoms with van der Waals surface area (Å²) in [5.41, 5.74) is 13.0. The van der Waals surface area contributed by atoms with Gasteiger partial charge in [0.1, 0.15) is 0 Å². The van der Waals surface area contributed by atoms with Gasteiger partial charge in [-0.3, -0.25) is 0 Å². The topological polar surface area (TPSA) is 0 Å². The zero-order valence-electron chi connectivity index (χ0n) is 18.7. The van der Waals surface area contributed by atoms with E-state index in [4.69, 9.17) is 0 Å². The van der Waals surface area contributed by atoms with Crippen molar-refractivity contribution in [3.8, 4) is 0 Å². The summed E-state index contributed by atoms with van der Waals surface area (Å²) in [5.74, 6) is 0. The predicted molar refractivity (Wildman–Crippen MR) is 111 cm³/mol. The van der Waals surface area contributed by atoms with Crippen molar-refractivity contribution in [2.45, 2.75) is 86.6 Å². The van der Waals surface area contributed by atoms with Crippen molar-refractivity contribution >= 4 is 14.7 Å². The van der Waals surface area contributed by atoms with E-state index >= 15 is 0 Å². The molecule has 1 atom stereocenters. The van der Waals surface area contributed by atoms with Crippen molar-refractivity contribution in [1.82, 2.24) is 0 Å². The monoisotopic (exact) mass is 492 g/mol. The number of hydrogen-bond acceptors (Lipinski definition) is 0. The molecule has 0 saturated carbocycles. The number of halogens is 3. The van der Waals surface area contributed by atoms with Gasteiger partial charge in [-0.25, -0.2) is 17.2 Å². The first-order valence-corrected chi connectivity index (χ1v) is 11.2. The minimum atomic E-state index is -0.370. The average molecular weight is 494 g/mol. The molecule has 1 aromatic rings. The first-order valence-electron chi connectivity index (χ1n) is 9.65. The Labute approximate surface area is 209 Å². The van der Waals surface area contributed by atoms with Gasteiger partial charge in [0.2, 0.25) is 0 Å². The average Bonchev–Trinajstić information content (AvgIpc) is 2.81. The van der Waals surface area contributed by atoms with E-state index in [1.165, 1.54) is 53.5 Å². The Morgan fingerprint density at radius 2 is 1.21 bits per heavy atom. The van der Waals surface area contributed by atoms with Crippen molar-refractivity contribution in [3.63, 3.8) is 0 Å². The van der Waals surface area contributed by atoms with Crippen LogP contribution in [0.15, 0.2) is 16.7 Å². The Balaban J connectivity index is -0.00000156. The molecule has 0 spiro atoms. The van der Waals surface area contributed by atoms with Crippen LogP contribution in [-0.2, 0) is 21.7 Å². The maximum Gasteiger partial charge on any atom is 4.00 e. The number of benzene rings is 1. The van der Waals surface area contributed by atoms with Crippen molar-refractivity contribution in [1.29, 1.82) is 0 Å². The molecule has 0 aliphatic heterocycles. The van der Waals surface area contributed by atoms with E-state index in [2.05, 4.69) is 61.5 Å². The largest absolute Gasteiger partial charge is 4.00 e. The molecule has 2 rings (SSSR count). The van der Waals surface area contributed by atoms with Crippen LogP contribution in [0, 0.1) is 40.7 Å². The molecule has 28 heavy (non-hydrogen) atoms. The Morgan fingerprint density at radius 1 is 0.750 bits per heavy atom. The second-order valence-electron chi connectivity index (χ2n) is 7.78. The van der Waals surface area contributed by atoms with E-state index in [0.717, 1.165) is 0 Å². The van der Waals surface area contributed by atoms with Crippen LogP contribution in [0.5, 0.6) is 0 Å². The fourth-order valence-corrected chi connectivity index (χ4v) is 6.99. The van der Waals surface area contributed by atoms with Gasteiger partial charge in [-0.15, -0.1) is 0 Å². The van der Waals surface area contributed by atoms with Gasteiger partial charge in [-0.1, -0.05) is 57.2 Å². The predicted octanol–water partition coefficient (Wildman–Crippen LogP) is -3.52. The quantitative estimate of drug-likeness (QED) is 0.219. The summed E-state index contributed by atoms with van der Waals surface area (Å²) in [6.45, 7) is 18.5.